The Morgan fingerprint density at radius 2 is 2.09 bits per heavy atom. The molecular weight excluding hydrogens is 288 g/mol. The summed E-state index contributed by atoms with van der Waals surface area (Å²) in [7, 11) is 4.06. The number of nitrogens with one attached hydrogen (secondary N) is 1. The van der Waals surface area contributed by atoms with E-state index in [4.69, 9.17) is 4.42 Å². The summed E-state index contributed by atoms with van der Waals surface area (Å²) >= 11 is 0. The third-order valence-corrected chi connectivity index (χ3v) is 3.79. The minimum absolute atomic E-state index is 0.0420. The van der Waals surface area contributed by atoms with Gasteiger partial charge in [0.2, 0.25) is 0 Å². The predicted molar refractivity (Wildman–Crippen MR) is 93.6 cm³/mol. The minimum Gasteiger partial charge on any atom is -0.464 e. The van der Waals surface area contributed by atoms with E-state index in [9.17, 15) is 4.79 Å². The van der Waals surface area contributed by atoms with Gasteiger partial charge in [0.1, 0.15) is 5.76 Å². The zero-order valence-corrected chi connectivity index (χ0v) is 13.6. The van der Waals surface area contributed by atoms with Gasteiger partial charge in [-0.3, -0.25) is 4.79 Å². The Bertz CT molecular complexity index is 903. The standard InChI is InChI=1S/C19H20N2O2/c1-13-11-15-12-14(6-7-17(15)20-19(13)22)16(8-9-21(2)3)18-5-4-10-23-18/h4-8,10-12H,9H2,1-3H3,(H,20,22)/b16-8-. The Kier molecular flexibility index (Phi) is 4.17. The Balaban J connectivity index is 2.12. The summed E-state index contributed by atoms with van der Waals surface area (Å²) in [5.41, 5.74) is 3.64. The van der Waals surface area contributed by atoms with Gasteiger partial charge in [-0.05, 0) is 62.3 Å². The molecule has 1 N–H and O–H groups in total. The van der Waals surface area contributed by atoms with Gasteiger partial charge >= 0.3 is 0 Å². The van der Waals surface area contributed by atoms with Gasteiger partial charge in [-0.1, -0.05) is 12.1 Å². The molecule has 0 saturated carbocycles. The number of aryl methyl sites for hydroxylation is 1. The van der Waals surface area contributed by atoms with Crippen LogP contribution in [0.25, 0.3) is 16.5 Å². The van der Waals surface area contributed by atoms with Crippen LogP contribution in [0.4, 0.5) is 0 Å². The van der Waals surface area contributed by atoms with E-state index in [2.05, 4.69) is 22.0 Å². The molecule has 0 aliphatic carbocycles. The van der Waals surface area contributed by atoms with Gasteiger partial charge < -0.3 is 14.3 Å². The molecule has 1 aromatic carbocycles. The second-order valence-corrected chi connectivity index (χ2v) is 5.94. The van der Waals surface area contributed by atoms with Gasteiger partial charge in [-0.25, -0.2) is 0 Å². The molecule has 2 aromatic heterocycles. The highest BCUT2D eigenvalue weighted by molar-refractivity contribution is 5.86. The molecule has 23 heavy (non-hydrogen) atoms. The maximum atomic E-state index is 11.7. The van der Waals surface area contributed by atoms with E-state index in [1.165, 1.54) is 0 Å². The van der Waals surface area contributed by atoms with Crippen molar-refractivity contribution in [2.75, 3.05) is 20.6 Å². The Labute approximate surface area is 135 Å². The fourth-order valence-electron chi connectivity index (χ4n) is 2.55. The maximum absolute atomic E-state index is 11.7. The van der Waals surface area contributed by atoms with Crippen LogP contribution in [0, 0.1) is 6.92 Å². The first-order valence-corrected chi connectivity index (χ1v) is 7.57. The molecule has 0 spiro atoms. The lowest BCUT2D eigenvalue weighted by atomic mass is 10.0. The molecule has 118 valence electrons. The van der Waals surface area contributed by atoms with E-state index in [0.717, 1.165) is 34.3 Å². The molecule has 0 amide bonds. The molecule has 0 fully saturated rings. The van der Waals surface area contributed by atoms with Crippen LogP contribution in [0.3, 0.4) is 0 Å². The monoisotopic (exact) mass is 308 g/mol. The van der Waals surface area contributed by atoms with Crippen molar-refractivity contribution >= 4 is 16.5 Å². The number of fused-ring (bicyclic) bond motifs is 1. The van der Waals surface area contributed by atoms with Crippen LogP contribution < -0.4 is 5.56 Å². The maximum Gasteiger partial charge on any atom is 0.251 e. The number of H-pyrrole nitrogens is 1. The fourth-order valence-corrected chi connectivity index (χ4v) is 2.55. The van der Waals surface area contributed by atoms with Crippen LogP contribution in [0.5, 0.6) is 0 Å². The van der Waals surface area contributed by atoms with Crippen molar-refractivity contribution in [1.29, 1.82) is 0 Å². The largest absolute Gasteiger partial charge is 0.464 e. The number of pyridine rings is 1. The second-order valence-electron chi connectivity index (χ2n) is 5.94. The number of aromatic amines is 1. The lowest BCUT2D eigenvalue weighted by molar-refractivity contribution is 0.456. The number of hydrogen-bond acceptors (Lipinski definition) is 3. The smallest absolute Gasteiger partial charge is 0.251 e. The Morgan fingerprint density at radius 3 is 2.78 bits per heavy atom. The molecular formula is C19H20N2O2. The van der Waals surface area contributed by atoms with Crippen molar-refractivity contribution in [1.82, 2.24) is 9.88 Å². The average Bonchev–Trinajstić information content (AvgIpc) is 3.02. The SMILES string of the molecule is Cc1cc2cc(/C(=C/CN(C)C)c3ccco3)ccc2[nH]c1=O. The highest BCUT2D eigenvalue weighted by Gasteiger charge is 2.09. The molecule has 3 aromatic rings. The quantitative estimate of drug-likeness (QED) is 0.803. The summed E-state index contributed by atoms with van der Waals surface area (Å²) < 4.78 is 5.59. The summed E-state index contributed by atoms with van der Waals surface area (Å²) in [5.74, 6) is 0.840. The zero-order chi connectivity index (χ0) is 16.4. The average molecular weight is 308 g/mol. The number of benzene rings is 1. The summed E-state index contributed by atoms with van der Waals surface area (Å²) in [6.45, 7) is 2.64. The van der Waals surface area contributed by atoms with Crippen molar-refractivity contribution in [3.63, 3.8) is 0 Å². The number of aromatic nitrogens is 1. The number of rotatable bonds is 4. The van der Waals surface area contributed by atoms with Crippen molar-refractivity contribution in [2.45, 2.75) is 6.92 Å². The highest BCUT2D eigenvalue weighted by atomic mass is 16.3. The fraction of sp³-hybridized carbons (Fsp3) is 0.211. The van der Waals surface area contributed by atoms with Gasteiger partial charge in [0, 0.05) is 23.2 Å². The van der Waals surface area contributed by atoms with Crippen LogP contribution in [-0.4, -0.2) is 30.5 Å². The summed E-state index contributed by atoms with van der Waals surface area (Å²) in [5, 5.41) is 1.02. The number of likely N-dealkylation sites (N-methyl/N-ethyl adjacent to an activating group) is 1. The van der Waals surface area contributed by atoms with Gasteiger partial charge in [-0.15, -0.1) is 0 Å². The first-order valence-electron chi connectivity index (χ1n) is 7.57. The highest BCUT2D eigenvalue weighted by Crippen LogP contribution is 2.26. The van der Waals surface area contributed by atoms with E-state index < -0.39 is 0 Å². The molecule has 0 bridgehead atoms. The van der Waals surface area contributed by atoms with Gasteiger partial charge in [0.25, 0.3) is 5.56 Å². The molecule has 2 heterocycles. The molecule has 3 rings (SSSR count). The molecule has 4 nitrogen and oxygen atoms in total. The Morgan fingerprint density at radius 1 is 1.26 bits per heavy atom. The number of furan rings is 1. The molecule has 0 atom stereocenters. The van der Waals surface area contributed by atoms with E-state index in [1.54, 1.807) is 6.26 Å². The lowest BCUT2D eigenvalue weighted by Gasteiger charge is -2.10. The minimum atomic E-state index is -0.0420. The third-order valence-electron chi connectivity index (χ3n) is 3.79. The molecule has 0 saturated heterocycles. The van der Waals surface area contributed by atoms with Crippen LogP contribution in [0.1, 0.15) is 16.9 Å². The molecule has 0 unspecified atom stereocenters. The predicted octanol–water partition coefficient (Wildman–Crippen LogP) is 3.42. The molecule has 0 aliphatic heterocycles. The lowest BCUT2D eigenvalue weighted by Crippen LogP contribution is -2.11. The van der Waals surface area contributed by atoms with Crippen molar-refractivity contribution < 1.29 is 4.42 Å². The van der Waals surface area contributed by atoms with E-state index in [0.29, 0.717) is 5.56 Å². The van der Waals surface area contributed by atoms with E-state index >= 15 is 0 Å². The van der Waals surface area contributed by atoms with Gasteiger partial charge in [0.05, 0.1) is 6.26 Å². The van der Waals surface area contributed by atoms with Crippen molar-refractivity contribution in [3.8, 4) is 0 Å². The first-order chi connectivity index (χ1) is 11.0. The number of hydrogen-bond donors (Lipinski definition) is 1. The summed E-state index contributed by atoms with van der Waals surface area (Å²) in [4.78, 5) is 16.7. The topological polar surface area (TPSA) is 49.2 Å². The summed E-state index contributed by atoms with van der Waals surface area (Å²) in [6.07, 6.45) is 3.83. The third kappa shape index (κ3) is 3.27. The molecule has 4 heteroatoms. The molecule has 0 aliphatic rings. The van der Waals surface area contributed by atoms with E-state index in [-0.39, 0.29) is 5.56 Å². The van der Waals surface area contributed by atoms with Gasteiger partial charge in [0.15, 0.2) is 0 Å². The Hall–Kier alpha value is -2.59. The van der Waals surface area contributed by atoms with Crippen LogP contribution >= 0.6 is 0 Å². The zero-order valence-electron chi connectivity index (χ0n) is 13.6. The van der Waals surface area contributed by atoms with Gasteiger partial charge in [-0.2, -0.15) is 0 Å². The molecule has 0 radical (unpaired) electrons. The normalized spacial score (nSPS) is 12.3. The second kappa shape index (κ2) is 6.26. The summed E-state index contributed by atoms with van der Waals surface area (Å²) in [6, 6.07) is 11.8. The van der Waals surface area contributed by atoms with Crippen molar-refractivity contribution in [3.05, 3.63) is 76.0 Å². The first kappa shape index (κ1) is 15.3. The van der Waals surface area contributed by atoms with E-state index in [1.807, 2.05) is 51.4 Å². The van der Waals surface area contributed by atoms with Crippen LogP contribution in [0.2, 0.25) is 0 Å². The van der Waals surface area contributed by atoms with Crippen LogP contribution in [0.15, 0.2) is 57.9 Å². The van der Waals surface area contributed by atoms with Crippen molar-refractivity contribution in [2.24, 2.45) is 0 Å². The number of nitrogens with zero attached hydrogens (tertiary/aromatic N) is 1. The van der Waals surface area contributed by atoms with Crippen LogP contribution in [-0.2, 0) is 0 Å².